The molecule has 0 bridgehead atoms. The Morgan fingerprint density at radius 2 is 1.97 bits per heavy atom. The first kappa shape index (κ1) is 17.6. The van der Waals surface area contributed by atoms with Crippen molar-refractivity contribution in [3.05, 3.63) is 47.6 Å². The highest BCUT2D eigenvalue weighted by Crippen LogP contribution is 2.51. The Labute approximate surface area is 162 Å². The normalized spacial score (nSPS) is 14.7. The number of aromatic amines is 1. The number of aliphatic hydroxyl groups excluding tert-OH is 1. The first-order valence-electron chi connectivity index (χ1n) is 8.82. The maximum atomic E-state index is 13.8. The lowest BCUT2D eigenvalue weighted by Gasteiger charge is -2.14. The van der Waals surface area contributed by atoms with Gasteiger partial charge in [-0.3, -0.25) is 0 Å². The quantitative estimate of drug-likeness (QED) is 0.533. The number of H-pyrrole nitrogens is 1. The number of nitrogens with one attached hydrogen (secondary N) is 1. The van der Waals surface area contributed by atoms with Gasteiger partial charge in [0.2, 0.25) is 0 Å². The molecule has 29 heavy (non-hydrogen) atoms. The van der Waals surface area contributed by atoms with Crippen molar-refractivity contribution in [3.8, 4) is 33.8 Å². The summed E-state index contributed by atoms with van der Waals surface area (Å²) in [6.07, 6.45) is -0.506. The summed E-state index contributed by atoms with van der Waals surface area (Å²) in [6, 6.07) is 4.68. The Morgan fingerprint density at radius 1 is 1.14 bits per heavy atom. The number of hydrogen-bond donors (Lipinski definition) is 2. The summed E-state index contributed by atoms with van der Waals surface area (Å²) in [6.45, 7) is 3.28. The Balaban J connectivity index is 1.90. The van der Waals surface area contributed by atoms with Crippen LogP contribution in [0.2, 0.25) is 0 Å². The van der Waals surface area contributed by atoms with Gasteiger partial charge in [0.25, 0.3) is 0 Å². The lowest BCUT2D eigenvalue weighted by Crippen LogP contribution is -2.26. The van der Waals surface area contributed by atoms with Gasteiger partial charge in [-0.25, -0.2) is 4.98 Å². The predicted octanol–water partition coefficient (Wildman–Crippen LogP) is 4.32. The zero-order valence-corrected chi connectivity index (χ0v) is 15.4. The van der Waals surface area contributed by atoms with Crippen LogP contribution < -0.4 is 9.47 Å². The van der Waals surface area contributed by atoms with Gasteiger partial charge in [0.05, 0.1) is 12.3 Å². The van der Waals surface area contributed by atoms with Crippen LogP contribution >= 0.6 is 0 Å². The summed E-state index contributed by atoms with van der Waals surface area (Å²) in [5, 5.41) is 14.4. The van der Waals surface area contributed by atoms with Gasteiger partial charge in [-0.2, -0.15) is 0 Å². The van der Waals surface area contributed by atoms with Crippen molar-refractivity contribution in [1.82, 2.24) is 15.1 Å². The van der Waals surface area contributed by atoms with E-state index in [1.165, 1.54) is 6.07 Å². The molecule has 0 amide bonds. The lowest BCUT2D eigenvalue weighted by molar-refractivity contribution is -0.286. The third-order valence-electron chi connectivity index (χ3n) is 4.95. The van der Waals surface area contributed by atoms with Crippen molar-refractivity contribution in [2.75, 3.05) is 0 Å². The molecular weight excluding hydrogens is 384 g/mol. The fraction of sp³-hybridized carbons (Fsp3) is 0.200. The van der Waals surface area contributed by atoms with E-state index in [9.17, 15) is 13.9 Å². The number of aromatic nitrogens is 3. The molecule has 0 atom stereocenters. The van der Waals surface area contributed by atoms with Gasteiger partial charge in [-0.1, -0.05) is 17.3 Å². The zero-order chi connectivity index (χ0) is 20.3. The van der Waals surface area contributed by atoms with Crippen LogP contribution in [0.25, 0.3) is 33.3 Å². The number of hydrogen-bond acceptors (Lipinski definition) is 6. The van der Waals surface area contributed by atoms with E-state index in [0.29, 0.717) is 50.3 Å². The number of para-hydroxylation sites is 1. The van der Waals surface area contributed by atoms with E-state index in [2.05, 4.69) is 19.9 Å². The van der Waals surface area contributed by atoms with Gasteiger partial charge in [0, 0.05) is 45.6 Å². The molecule has 9 heteroatoms. The van der Waals surface area contributed by atoms with E-state index in [-0.39, 0.29) is 18.1 Å². The Kier molecular flexibility index (Phi) is 3.66. The van der Waals surface area contributed by atoms with Crippen LogP contribution in [0.1, 0.15) is 17.0 Å². The summed E-state index contributed by atoms with van der Waals surface area (Å²) in [5.41, 5.74) is 3.96. The minimum atomic E-state index is -3.76. The number of nitrogens with zero attached hydrogens (tertiary/aromatic N) is 2. The number of alkyl halides is 2. The van der Waals surface area contributed by atoms with E-state index in [1.54, 1.807) is 38.4 Å². The molecular formula is C20H15F2N3O4. The molecule has 0 aliphatic carbocycles. The van der Waals surface area contributed by atoms with Gasteiger partial charge in [0.1, 0.15) is 11.4 Å². The topological polar surface area (TPSA) is 93.4 Å². The molecule has 0 fully saturated rings. The number of ether oxygens (including phenoxy) is 2. The second-order valence-corrected chi connectivity index (χ2v) is 6.74. The highest BCUT2D eigenvalue weighted by molar-refractivity contribution is 6.05. The van der Waals surface area contributed by atoms with Crippen LogP contribution in [0.3, 0.4) is 0 Å². The molecule has 2 N–H and O–H groups in total. The van der Waals surface area contributed by atoms with Gasteiger partial charge >= 0.3 is 6.29 Å². The van der Waals surface area contributed by atoms with Crippen LogP contribution in [0.15, 0.2) is 35.1 Å². The van der Waals surface area contributed by atoms with Crippen LogP contribution in [0.4, 0.5) is 8.78 Å². The SMILES string of the molecule is Cc1noc(C)c1-c1cnc2[nH]cc(CO)c2c1-c1cccc2c1OC(F)(F)O2. The lowest BCUT2D eigenvalue weighted by atomic mass is 9.91. The Bertz CT molecular complexity index is 1240. The van der Waals surface area contributed by atoms with Crippen LogP contribution in [-0.2, 0) is 6.61 Å². The minimum Gasteiger partial charge on any atom is -0.395 e. The third-order valence-corrected chi connectivity index (χ3v) is 4.95. The Hall–Kier alpha value is -3.46. The van der Waals surface area contributed by atoms with Gasteiger partial charge in [0.15, 0.2) is 11.5 Å². The fourth-order valence-electron chi connectivity index (χ4n) is 3.79. The number of halogens is 2. The smallest absolute Gasteiger partial charge is 0.395 e. The van der Waals surface area contributed by atoms with E-state index in [0.717, 1.165) is 0 Å². The van der Waals surface area contributed by atoms with Crippen LogP contribution in [0, 0.1) is 13.8 Å². The number of benzene rings is 1. The zero-order valence-electron chi connectivity index (χ0n) is 15.4. The van der Waals surface area contributed by atoms with E-state index in [4.69, 9.17) is 9.26 Å². The molecule has 5 rings (SSSR count). The molecule has 4 aromatic rings. The van der Waals surface area contributed by atoms with Crippen LogP contribution in [-0.4, -0.2) is 26.5 Å². The van der Waals surface area contributed by atoms with Crippen molar-refractivity contribution in [2.45, 2.75) is 26.7 Å². The van der Waals surface area contributed by atoms with Crippen molar-refractivity contribution >= 4 is 11.0 Å². The van der Waals surface area contributed by atoms with Crippen molar-refractivity contribution in [3.63, 3.8) is 0 Å². The summed E-state index contributed by atoms with van der Waals surface area (Å²) in [7, 11) is 0. The third kappa shape index (κ3) is 2.58. The molecule has 1 aliphatic rings. The largest absolute Gasteiger partial charge is 0.586 e. The van der Waals surface area contributed by atoms with E-state index < -0.39 is 6.29 Å². The standard InChI is InChI=1S/C20H15F2N3O4/c1-9-15(10(2)29-25-9)13-7-24-19-16(11(8-26)6-23-19)17(13)12-4-3-5-14-18(12)28-20(21,22)27-14/h3-7,26H,8H2,1-2H3,(H,23,24). The number of aliphatic hydroxyl groups is 1. The Morgan fingerprint density at radius 3 is 2.69 bits per heavy atom. The summed E-state index contributed by atoms with van der Waals surface area (Å²) in [4.78, 5) is 7.44. The van der Waals surface area contributed by atoms with Gasteiger partial charge in [-0.15, -0.1) is 8.78 Å². The van der Waals surface area contributed by atoms with Gasteiger partial charge < -0.3 is 24.1 Å². The molecule has 7 nitrogen and oxygen atoms in total. The molecule has 3 aromatic heterocycles. The monoisotopic (exact) mass is 399 g/mol. The second kappa shape index (κ2) is 6.02. The van der Waals surface area contributed by atoms with E-state index >= 15 is 0 Å². The average molecular weight is 399 g/mol. The first-order chi connectivity index (χ1) is 13.9. The second-order valence-electron chi connectivity index (χ2n) is 6.74. The number of aryl methyl sites for hydroxylation is 2. The highest BCUT2D eigenvalue weighted by atomic mass is 19.3. The molecule has 0 saturated heterocycles. The molecule has 0 spiro atoms. The highest BCUT2D eigenvalue weighted by Gasteiger charge is 2.45. The number of pyridine rings is 1. The predicted molar refractivity (Wildman–Crippen MR) is 98.6 cm³/mol. The average Bonchev–Trinajstić information content (AvgIpc) is 3.34. The molecule has 1 aliphatic heterocycles. The minimum absolute atomic E-state index is 0.0664. The summed E-state index contributed by atoms with van der Waals surface area (Å²) in [5.74, 6) is 0.410. The summed E-state index contributed by atoms with van der Waals surface area (Å²) >= 11 is 0. The molecule has 0 unspecified atom stereocenters. The molecule has 0 radical (unpaired) electrons. The molecule has 0 saturated carbocycles. The van der Waals surface area contributed by atoms with E-state index in [1.807, 2.05) is 0 Å². The first-order valence-corrected chi connectivity index (χ1v) is 8.82. The molecule has 4 heterocycles. The fourth-order valence-corrected chi connectivity index (χ4v) is 3.79. The van der Waals surface area contributed by atoms with Crippen molar-refractivity contribution in [2.24, 2.45) is 0 Å². The molecule has 1 aromatic carbocycles. The van der Waals surface area contributed by atoms with Gasteiger partial charge in [-0.05, 0) is 19.9 Å². The van der Waals surface area contributed by atoms with Crippen molar-refractivity contribution in [1.29, 1.82) is 0 Å². The maximum absolute atomic E-state index is 13.8. The maximum Gasteiger partial charge on any atom is 0.586 e. The summed E-state index contributed by atoms with van der Waals surface area (Å²) < 4.78 is 42.4. The molecule has 148 valence electrons. The number of rotatable bonds is 3. The van der Waals surface area contributed by atoms with Crippen molar-refractivity contribution < 1.29 is 27.9 Å². The van der Waals surface area contributed by atoms with Crippen LogP contribution in [0.5, 0.6) is 11.5 Å². The number of fused-ring (bicyclic) bond motifs is 2.